The average Bonchev–Trinajstić information content (AvgIpc) is 3.00. The van der Waals surface area contributed by atoms with E-state index in [1.807, 2.05) is 12.1 Å². The molecular formula is C17H23IN4O. The van der Waals surface area contributed by atoms with Crippen LogP contribution in [0.3, 0.4) is 0 Å². The lowest BCUT2D eigenvalue weighted by Crippen LogP contribution is -2.38. The Morgan fingerprint density at radius 3 is 2.70 bits per heavy atom. The van der Waals surface area contributed by atoms with Crippen LogP contribution in [0.5, 0.6) is 0 Å². The number of aromatic nitrogens is 1. The molecule has 2 N–H and O–H groups in total. The van der Waals surface area contributed by atoms with Crippen molar-refractivity contribution in [3.05, 3.63) is 54.4 Å². The Hall–Kier alpha value is -1.83. The van der Waals surface area contributed by atoms with Crippen LogP contribution in [0.2, 0.25) is 0 Å². The van der Waals surface area contributed by atoms with Gasteiger partial charge in [-0.3, -0.25) is 4.99 Å². The molecule has 2 rings (SSSR count). The molecule has 124 valence electrons. The van der Waals surface area contributed by atoms with Gasteiger partial charge in [0.05, 0.1) is 5.69 Å². The summed E-state index contributed by atoms with van der Waals surface area (Å²) in [6, 6.07) is 8.14. The van der Waals surface area contributed by atoms with Gasteiger partial charge >= 0.3 is 0 Å². The molecule has 0 saturated carbocycles. The molecule has 0 aliphatic carbocycles. The fourth-order valence-electron chi connectivity index (χ4n) is 1.95. The third-order valence-electron chi connectivity index (χ3n) is 3.16. The van der Waals surface area contributed by atoms with E-state index in [0.717, 1.165) is 30.2 Å². The summed E-state index contributed by atoms with van der Waals surface area (Å²) in [6.45, 7) is 7.14. The van der Waals surface area contributed by atoms with Crippen LogP contribution in [0.4, 0.5) is 0 Å². The number of nitrogens with one attached hydrogen (secondary N) is 2. The molecule has 0 bridgehead atoms. The minimum absolute atomic E-state index is 0. The van der Waals surface area contributed by atoms with Crippen molar-refractivity contribution in [3.8, 4) is 11.5 Å². The smallest absolute Gasteiger partial charge is 0.226 e. The van der Waals surface area contributed by atoms with E-state index in [1.165, 1.54) is 5.56 Å². The van der Waals surface area contributed by atoms with Crippen molar-refractivity contribution in [1.29, 1.82) is 0 Å². The number of hydrogen-bond donors (Lipinski definition) is 2. The van der Waals surface area contributed by atoms with Gasteiger partial charge in [-0.05, 0) is 19.1 Å². The number of guanidine groups is 1. The Kier molecular flexibility index (Phi) is 8.39. The molecule has 6 heteroatoms. The van der Waals surface area contributed by atoms with Crippen molar-refractivity contribution >= 4 is 29.9 Å². The first-order valence-electron chi connectivity index (χ1n) is 7.30. The zero-order valence-electron chi connectivity index (χ0n) is 13.5. The first-order valence-corrected chi connectivity index (χ1v) is 7.30. The number of oxazole rings is 1. The third kappa shape index (κ3) is 6.05. The van der Waals surface area contributed by atoms with E-state index in [-0.39, 0.29) is 24.0 Å². The Morgan fingerprint density at radius 2 is 2.04 bits per heavy atom. The van der Waals surface area contributed by atoms with E-state index in [2.05, 4.69) is 46.2 Å². The second-order valence-electron chi connectivity index (χ2n) is 4.93. The largest absolute Gasteiger partial charge is 0.444 e. The minimum Gasteiger partial charge on any atom is -0.444 e. The number of aliphatic imine (C=N–C) groups is 1. The van der Waals surface area contributed by atoms with E-state index in [9.17, 15) is 0 Å². The highest BCUT2D eigenvalue weighted by Crippen LogP contribution is 2.19. The summed E-state index contributed by atoms with van der Waals surface area (Å²) in [6.07, 6.45) is 4.26. The number of rotatable bonds is 6. The summed E-state index contributed by atoms with van der Waals surface area (Å²) in [4.78, 5) is 8.63. The molecular weight excluding hydrogens is 403 g/mol. The molecule has 1 aromatic carbocycles. The standard InChI is InChI=1S/C17H22N4O.HI/c1-4-10-19-17(18-3)20-11-9-15-12-22-16(21-15)14-7-5-13(2)6-8-14;/h4-8,12H,1,9-11H2,2-3H3,(H2,18,19,20);1H. The van der Waals surface area contributed by atoms with Gasteiger partial charge in [0.2, 0.25) is 5.89 Å². The molecule has 0 radical (unpaired) electrons. The molecule has 2 aromatic rings. The lowest BCUT2D eigenvalue weighted by atomic mass is 10.1. The summed E-state index contributed by atoms with van der Waals surface area (Å²) in [5, 5.41) is 6.34. The molecule has 0 amide bonds. The van der Waals surface area contributed by atoms with E-state index in [4.69, 9.17) is 4.42 Å². The van der Waals surface area contributed by atoms with Gasteiger partial charge in [-0.2, -0.15) is 0 Å². The van der Waals surface area contributed by atoms with Crippen LogP contribution in [0.1, 0.15) is 11.3 Å². The van der Waals surface area contributed by atoms with Gasteiger partial charge < -0.3 is 15.1 Å². The zero-order valence-corrected chi connectivity index (χ0v) is 15.8. The fourth-order valence-corrected chi connectivity index (χ4v) is 1.95. The summed E-state index contributed by atoms with van der Waals surface area (Å²) in [5.74, 6) is 1.41. The van der Waals surface area contributed by atoms with E-state index < -0.39 is 0 Å². The van der Waals surface area contributed by atoms with Crippen LogP contribution in [-0.2, 0) is 6.42 Å². The molecule has 23 heavy (non-hydrogen) atoms. The fraction of sp³-hybridized carbons (Fsp3) is 0.294. The highest BCUT2D eigenvalue weighted by molar-refractivity contribution is 14.0. The zero-order chi connectivity index (χ0) is 15.8. The molecule has 0 spiro atoms. The quantitative estimate of drug-likeness (QED) is 0.323. The maximum atomic E-state index is 5.54. The lowest BCUT2D eigenvalue weighted by Gasteiger charge is -2.09. The molecule has 0 atom stereocenters. The normalized spacial score (nSPS) is 10.8. The number of nitrogens with zero attached hydrogens (tertiary/aromatic N) is 2. The number of halogens is 1. The third-order valence-corrected chi connectivity index (χ3v) is 3.16. The van der Waals surface area contributed by atoms with Crippen LogP contribution in [0.25, 0.3) is 11.5 Å². The van der Waals surface area contributed by atoms with Gasteiger partial charge in [-0.25, -0.2) is 4.98 Å². The maximum absolute atomic E-state index is 5.54. The lowest BCUT2D eigenvalue weighted by molar-refractivity contribution is 0.572. The predicted molar refractivity (Wildman–Crippen MR) is 105 cm³/mol. The average molecular weight is 426 g/mol. The van der Waals surface area contributed by atoms with Crippen molar-refractivity contribution < 1.29 is 4.42 Å². The highest BCUT2D eigenvalue weighted by Gasteiger charge is 2.06. The molecule has 0 fully saturated rings. The van der Waals surface area contributed by atoms with Gasteiger partial charge in [0, 0.05) is 32.1 Å². The Balaban J connectivity index is 0.00000264. The van der Waals surface area contributed by atoms with Crippen molar-refractivity contribution in [2.45, 2.75) is 13.3 Å². The second-order valence-corrected chi connectivity index (χ2v) is 4.93. The Morgan fingerprint density at radius 1 is 1.30 bits per heavy atom. The van der Waals surface area contributed by atoms with Gasteiger partial charge in [-0.15, -0.1) is 30.6 Å². The monoisotopic (exact) mass is 426 g/mol. The predicted octanol–water partition coefficient (Wildman–Crippen LogP) is 3.16. The van der Waals surface area contributed by atoms with E-state index >= 15 is 0 Å². The molecule has 5 nitrogen and oxygen atoms in total. The summed E-state index contributed by atoms with van der Waals surface area (Å²) >= 11 is 0. The first-order chi connectivity index (χ1) is 10.7. The molecule has 1 aromatic heterocycles. The number of aryl methyl sites for hydroxylation is 1. The highest BCUT2D eigenvalue weighted by atomic mass is 127. The number of hydrogen-bond acceptors (Lipinski definition) is 3. The van der Waals surface area contributed by atoms with Crippen LogP contribution < -0.4 is 10.6 Å². The van der Waals surface area contributed by atoms with Gasteiger partial charge in [0.1, 0.15) is 6.26 Å². The summed E-state index contributed by atoms with van der Waals surface area (Å²) < 4.78 is 5.54. The Bertz CT molecular complexity index is 634. The summed E-state index contributed by atoms with van der Waals surface area (Å²) in [7, 11) is 1.74. The van der Waals surface area contributed by atoms with Crippen molar-refractivity contribution in [3.63, 3.8) is 0 Å². The first kappa shape index (κ1) is 19.2. The van der Waals surface area contributed by atoms with Crippen LogP contribution in [0.15, 0.2) is 52.6 Å². The van der Waals surface area contributed by atoms with Crippen molar-refractivity contribution in [1.82, 2.24) is 15.6 Å². The van der Waals surface area contributed by atoms with Gasteiger partial charge in [0.25, 0.3) is 0 Å². The van der Waals surface area contributed by atoms with Crippen LogP contribution in [0, 0.1) is 6.92 Å². The van der Waals surface area contributed by atoms with Crippen LogP contribution in [-0.4, -0.2) is 31.1 Å². The topological polar surface area (TPSA) is 62.5 Å². The molecule has 0 unspecified atom stereocenters. The van der Waals surface area contributed by atoms with Crippen molar-refractivity contribution in [2.24, 2.45) is 4.99 Å². The van der Waals surface area contributed by atoms with Gasteiger partial charge in [0.15, 0.2) is 5.96 Å². The maximum Gasteiger partial charge on any atom is 0.226 e. The number of benzene rings is 1. The Labute approximate surface area is 154 Å². The van der Waals surface area contributed by atoms with Crippen LogP contribution >= 0.6 is 24.0 Å². The second kappa shape index (κ2) is 10.0. The summed E-state index contributed by atoms with van der Waals surface area (Å²) in [5.41, 5.74) is 3.13. The SMILES string of the molecule is C=CCNC(=NC)NCCc1coc(-c2ccc(C)cc2)n1.I. The molecule has 0 aliphatic heterocycles. The molecule has 0 saturated heterocycles. The van der Waals surface area contributed by atoms with Crippen molar-refractivity contribution in [2.75, 3.05) is 20.1 Å². The van der Waals surface area contributed by atoms with E-state index in [0.29, 0.717) is 12.4 Å². The molecule has 1 heterocycles. The minimum atomic E-state index is 0. The van der Waals surface area contributed by atoms with E-state index in [1.54, 1.807) is 19.4 Å². The van der Waals surface area contributed by atoms with Gasteiger partial charge in [-0.1, -0.05) is 23.8 Å². The molecule has 0 aliphatic rings.